The summed E-state index contributed by atoms with van der Waals surface area (Å²) in [5.74, 6) is 0.435. The fourth-order valence-electron chi connectivity index (χ4n) is 1.44. The Morgan fingerprint density at radius 3 is 2.64 bits per heavy atom. The number of hydrogen-bond acceptors (Lipinski definition) is 2. The van der Waals surface area contributed by atoms with Gasteiger partial charge in [0.05, 0.1) is 6.61 Å². The van der Waals surface area contributed by atoms with Crippen molar-refractivity contribution < 1.29 is 10.2 Å². The van der Waals surface area contributed by atoms with Gasteiger partial charge in [0.1, 0.15) is 5.75 Å². The lowest BCUT2D eigenvalue weighted by Gasteiger charge is -2.09. The Bertz CT molecular complexity index is 329. The van der Waals surface area contributed by atoms with Gasteiger partial charge < -0.3 is 10.2 Å². The molecule has 1 unspecified atom stereocenters. The number of para-hydroxylation sites is 1. The van der Waals surface area contributed by atoms with Crippen molar-refractivity contribution in [3.05, 3.63) is 41.5 Å². The van der Waals surface area contributed by atoms with E-state index in [1.54, 1.807) is 12.1 Å². The Morgan fingerprint density at radius 2 is 2.07 bits per heavy atom. The van der Waals surface area contributed by atoms with Crippen LogP contribution in [-0.2, 0) is 0 Å². The van der Waals surface area contributed by atoms with Gasteiger partial charge in [0, 0.05) is 11.5 Å². The molecule has 1 atom stereocenters. The molecule has 0 aliphatic carbocycles. The maximum atomic E-state index is 9.57. The molecule has 0 fully saturated rings. The van der Waals surface area contributed by atoms with Crippen LogP contribution in [0.2, 0.25) is 0 Å². The molecule has 2 nitrogen and oxygen atoms in total. The largest absolute Gasteiger partial charge is 0.508 e. The molecule has 0 heterocycles. The van der Waals surface area contributed by atoms with Gasteiger partial charge in [-0.3, -0.25) is 0 Å². The monoisotopic (exact) mass is 192 g/mol. The quantitative estimate of drug-likeness (QED) is 0.722. The molecular weight excluding hydrogens is 176 g/mol. The SMILES string of the molecule is C/C(=C\C(C)c1ccccc1O)CO. The van der Waals surface area contributed by atoms with E-state index in [1.807, 2.05) is 32.1 Å². The molecule has 0 radical (unpaired) electrons. The van der Waals surface area contributed by atoms with Gasteiger partial charge in [-0.05, 0) is 13.0 Å². The van der Waals surface area contributed by atoms with Crippen LogP contribution in [0.3, 0.4) is 0 Å². The van der Waals surface area contributed by atoms with Crippen molar-refractivity contribution in [3.8, 4) is 5.75 Å². The molecule has 0 amide bonds. The van der Waals surface area contributed by atoms with Gasteiger partial charge in [-0.2, -0.15) is 0 Å². The average molecular weight is 192 g/mol. The molecule has 0 aliphatic heterocycles. The third kappa shape index (κ3) is 2.60. The minimum atomic E-state index is 0.0674. The van der Waals surface area contributed by atoms with Crippen molar-refractivity contribution in [2.45, 2.75) is 19.8 Å². The summed E-state index contributed by atoms with van der Waals surface area (Å²) in [6, 6.07) is 7.26. The highest BCUT2D eigenvalue weighted by atomic mass is 16.3. The van der Waals surface area contributed by atoms with E-state index in [-0.39, 0.29) is 12.5 Å². The van der Waals surface area contributed by atoms with Crippen LogP contribution in [0.15, 0.2) is 35.9 Å². The van der Waals surface area contributed by atoms with Crippen molar-refractivity contribution in [2.24, 2.45) is 0 Å². The summed E-state index contributed by atoms with van der Waals surface area (Å²) in [5.41, 5.74) is 1.81. The van der Waals surface area contributed by atoms with E-state index in [2.05, 4.69) is 0 Å². The Morgan fingerprint density at radius 1 is 1.43 bits per heavy atom. The summed E-state index contributed by atoms with van der Waals surface area (Å²) in [4.78, 5) is 0. The molecular formula is C12H16O2. The van der Waals surface area contributed by atoms with Crippen LogP contribution in [0.1, 0.15) is 25.3 Å². The first-order valence-corrected chi connectivity index (χ1v) is 4.71. The first kappa shape index (κ1) is 10.8. The lowest BCUT2D eigenvalue weighted by Crippen LogP contribution is -1.93. The van der Waals surface area contributed by atoms with Gasteiger partial charge in [-0.25, -0.2) is 0 Å². The minimum Gasteiger partial charge on any atom is -0.508 e. The first-order chi connectivity index (χ1) is 6.65. The molecule has 2 N–H and O–H groups in total. The van der Waals surface area contributed by atoms with E-state index in [0.717, 1.165) is 11.1 Å². The summed E-state index contributed by atoms with van der Waals surface area (Å²) in [5, 5.41) is 18.4. The lowest BCUT2D eigenvalue weighted by molar-refractivity contribution is 0.330. The third-order valence-corrected chi connectivity index (χ3v) is 2.21. The molecule has 76 valence electrons. The zero-order chi connectivity index (χ0) is 10.6. The predicted octanol–water partition coefficient (Wildman–Crippen LogP) is 2.43. The standard InChI is InChI=1S/C12H16O2/c1-9(8-13)7-10(2)11-5-3-4-6-12(11)14/h3-7,10,13-14H,8H2,1-2H3/b9-7+. The number of allylic oxidation sites excluding steroid dienone is 1. The van der Waals surface area contributed by atoms with Crippen molar-refractivity contribution in [3.63, 3.8) is 0 Å². The zero-order valence-corrected chi connectivity index (χ0v) is 8.57. The van der Waals surface area contributed by atoms with E-state index in [0.29, 0.717) is 5.75 Å². The number of rotatable bonds is 3. The molecule has 1 aromatic carbocycles. The lowest BCUT2D eigenvalue weighted by atomic mass is 9.98. The summed E-state index contributed by atoms with van der Waals surface area (Å²) in [6.07, 6.45) is 1.95. The molecule has 0 aromatic heterocycles. The third-order valence-electron chi connectivity index (χ3n) is 2.21. The fraction of sp³-hybridized carbons (Fsp3) is 0.333. The molecule has 2 heteroatoms. The van der Waals surface area contributed by atoms with E-state index in [9.17, 15) is 5.11 Å². The normalized spacial score (nSPS) is 14.1. The summed E-state index contributed by atoms with van der Waals surface area (Å²) in [6.45, 7) is 3.93. The first-order valence-electron chi connectivity index (χ1n) is 4.71. The Labute approximate surface area is 84.5 Å². The molecule has 0 aliphatic rings. The average Bonchev–Trinajstić information content (AvgIpc) is 2.18. The number of aliphatic hydroxyl groups is 1. The maximum Gasteiger partial charge on any atom is 0.119 e. The van der Waals surface area contributed by atoms with Crippen molar-refractivity contribution in [1.29, 1.82) is 0 Å². The molecule has 1 rings (SSSR count). The highest BCUT2D eigenvalue weighted by Gasteiger charge is 2.06. The van der Waals surface area contributed by atoms with Crippen molar-refractivity contribution in [1.82, 2.24) is 0 Å². The fourth-order valence-corrected chi connectivity index (χ4v) is 1.44. The number of phenolic OH excluding ortho intramolecular Hbond substituents is 1. The number of aromatic hydroxyl groups is 1. The molecule has 0 bridgehead atoms. The van der Waals surface area contributed by atoms with Gasteiger partial charge in [0.25, 0.3) is 0 Å². The molecule has 0 spiro atoms. The van der Waals surface area contributed by atoms with Crippen molar-refractivity contribution >= 4 is 0 Å². The van der Waals surface area contributed by atoms with Gasteiger partial charge >= 0.3 is 0 Å². The van der Waals surface area contributed by atoms with E-state index < -0.39 is 0 Å². The minimum absolute atomic E-state index is 0.0674. The summed E-state index contributed by atoms with van der Waals surface area (Å²) >= 11 is 0. The molecule has 1 aromatic rings. The maximum absolute atomic E-state index is 9.57. The predicted molar refractivity (Wildman–Crippen MR) is 57.4 cm³/mol. The van der Waals surface area contributed by atoms with E-state index in [4.69, 9.17) is 5.11 Å². The van der Waals surface area contributed by atoms with Gasteiger partial charge in [0.15, 0.2) is 0 Å². The Kier molecular flexibility index (Phi) is 3.72. The van der Waals surface area contributed by atoms with Crippen molar-refractivity contribution in [2.75, 3.05) is 6.61 Å². The molecule has 14 heavy (non-hydrogen) atoms. The van der Waals surface area contributed by atoms with Crippen LogP contribution >= 0.6 is 0 Å². The second kappa shape index (κ2) is 4.82. The highest BCUT2D eigenvalue weighted by Crippen LogP contribution is 2.26. The van der Waals surface area contributed by atoms with Crippen LogP contribution in [0, 0.1) is 0 Å². The molecule has 0 saturated heterocycles. The number of benzene rings is 1. The highest BCUT2D eigenvalue weighted by molar-refractivity contribution is 5.37. The van der Waals surface area contributed by atoms with Crippen LogP contribution < -0.4 is 0 Å². The number of aliphatic hydroxyl groups excluding tert-OH is 1. The van der Waals surface area contributed by atoms with Crippen LogP contribution in [0.25, 0.3) is 0 Å². The van der Waals surface area contributed by atoms with Gasteiger partial charge in [-0.15, -0.1) is 0 Å². The topological polar surface area (TPSA) is 40.5 Å². The second-order valence-electron chi connectivity index (χ2n) is 3.52. The van der Waals surface area contributed by atoms with Gasteiger partial charge in [0.2, 0.25) is 0 Å². The Hall–Kier alpha value is -1.28. The summed E-state index contributed by atoms with van der Waals surface area (Å²) in [7, 11) is 0. The van der Waals surface area contributed by atoms with Gasteiger partial charge in [-0.1, -0.05) is 36.8 Å². The van der Waals surface area contributed by atoms with Crippen LogP contribution in [-0.4, -0.2) is 16.8 Å². The van der Waals surface area contributed by atoms with E-state index >= 15 is 0 Å². The van der Waals surface area contributed by atoms with Crippen LogP contribution in [0.4, 0.5) is 0 Å². The Balaban J connectivity index is 2.90. The van der Waals surface area contributed by atoms with Crippen LogP contribution in [0.5, 0.6) is 5.75 Å². The second-order valence-corrected chi connectivity index (χ2v) is 3.52. The van der Waals surface area contributed by atoms with E-state index in [1.165, 1.54) is 0 Å². The number of hydrogen-bond donors (Lipinski definition) is 2. The molecule has 0 saturated carbocycles. The summed E-state index contributed by atoms with van der Waals surface area (Å²) < 4.78 is 0. The zero-order valence-electron chi connectivity index (χ0n) is 8.57. The smallest absolute Gasteiger partial charge is 0.119 e. The number of phenols is 1.